The van der Waals surface area contributed by atoms with Crippen LogP contribution >= 0.6 is 0 Å². The first-order chi connectivity index (χ1) is 6.30. The second kappa shape index (κ2) is 1.89. The van der Waals surface area contributed by atoms with Crippen LogP contribution in [0.1, 0.15) is 32.6 Å². The van der Waals surface area contributed by atoms with E-state index in [9.17, 15) is 0 Å². The molecule has 0 heteroatoms. The summed E-state index contributed by atoms with van der Waals surface area (Å²) in [6.45, 7) is 2.49. The Morgan fingerprint density at radius 3 is 3.15 bits per heavy atom. The van der Waals surface area contributed by atoms with Crippen LogP contribution in [0, 0.1) is 35.0 Å². The van der Waals surface area contributed by atoms with E-state index < -0.39 is 0 Å². The molecule has 0 nitrogen and oxygen atoms in total. The maximum Gasteiger partial charge on any atom is -0.0223 e. The standard InChI is InChI=1S/C13H18/c1-8-10-5-9-3-2-4-13(6-9)7-11(13)12(8)10/h2-3,8-12H,4-7H2,1H3/t8-,9?,10?,11?,12?,13?/m0/s1. The highest BCUT2D eigenvalue weighted by atomic mass is 14.7. The molecular formula is C13H18. The Labute approximate surface area is 80.4 Å². The minimum absolute atomic E-state index is 0.837. The van der Waals surface area contributed by atoms with E-state index in [4.69, 9.17) is 0 Å². The average molecular weight is 174 g/mol. The Morgan fingerprint density at radius 2 is 2.23 bits per heavy atom. The predicted octanol–water partition coefficient (Wildman–Crippen LogP) is 3.24. The predicted molar refractivity (Wildman–Crippen MR) is 53.2 cm³/mol. The average Bonchev–Trinajstić information content (AvgIpc) is 2.93. The highest BCUT2D eigenvalue weighted by molar-refractivity contribution is 5.22. The van der Waals surface area contributed by atoms with Gasteiger partial charge in [0.15, 0.2) is 0 Å². The smallest absolute Gasteiger partial charge is 0.0223 e. The summed E-state index contributed by atoms with van der Waals surface area (Å²) in [5.41, 5.74) is 0.837. The lowest BCUT2D eigenvalue weighted by atomic mass is 9.81. The van der Waals surface area contributed by atoms with Crippen LogP contribution in [0.5, 0.6) is 0 Å². The molecule has 13 heavy (non-hydrogen) atoms. The number of allylic oxidation sites excluding steroid dienone is 2. The molecule has 0 amide bonds. The maximum atomic E-state index is 2.52. The van der Waals surface area contributed by atoms with Crippen molar-refractivity contribution in [1.82, 2.24) is 0 Å². The lowest BCUT2D eigenvalue weighted by Crippen LogP contribution is -2.13. The summed E-state index contributed by atoms with van der Waals surface area (Å²) in [7, 11) is 0. The molecule has 4 aliphatic carbocycles. The molecule has 3 fully saturated rings. The van der Waals surface area contributed by atoms with Gasteiger partial charge in [0, 0.05) is 0 Å². The minimum atomic E-state index is 0.837. The zero-order valence-corrected chi connectivity index (χ0v) is 8.37. The topological polar surface area (TPSA) is 0 Å². The summed E-state index contributed by atoms with van der Waals surface area (Å²) in [5, 5.41) is 0. The van der Waals surface area contributed by atoms with Gasteiger partial charge >= 0.3 is 0 Å². The van der Waals surface area contributed by atoms with E-state index in [1.54, 1.807) is 12.8 Å². The van der Waals surface area contributed by atoms with Crippen molar-refractivity contribution in [2.75, 3.05) is 0 Å². The third-order valence-corrected chi connectivity index (χ3v) is 5.53. The Kier molecular flexibility index (Phi) is 1.03. The van der Waals surface area contributed by atoms with Gasteiger partial charge in [-0.2, -0.15) is 0 Å². The zero-order chi connectivity index (χ0) is 8.63. The lowest BCUT2D eigenvalue weighted by molar-refractivity contribution is 0.337. The Morgan fingerprint density at radius 1 is 1.31 bits per heavy atom. The van der Waals surface area contributed by atoms with Gasteiger partial charge in [-0.3, -0.25) is 0 Å². The van der Waals surface area contributed by atoms with Crippen LogP contribution in [0.2, 0.25) is 0 Å². The first-order valence-corrected chi connectivity index (χ1v) is 5.97. The van der Waals surface area contributed by atoms with Crippen molar-refractivity contribution in [2.45, 2.75) is 32.6 Å². The second-order valence-electron chi connectivity index (χ2n) is 6.11. The van der Waals surface area contributed by atoms with Crippen molar-refractivity contribution < 1.29 is 0 Å². The van der Waals surface area contributed by atoms with Crippen molar-refractivity contribution in [3.05, 3.63) is 12.2 Å². The van der Waals surface area contributed by atoms with Crippen LogP contribution < -0.4 is 0 Å². The molecule has 2 bridgehead atoms. The Hall–Kier alpha value is -0.260. The van der Waals surface area contributed by atoms with Gasteiger partial charge in [0.25, 0.3) is 0 Å². The molecule has 0 aromatic heterocycles. The third-order valence-electron chi connectivity index (χ3n) is 5.53. The maximum absolute atomic E-state index is 2.52. The molecule has 6 atom stereocenters. The number of rotatable bonds is 0. The molecule has 0 radical (unpaired) electrons. The Bertz CT molecular complexity index is 290. The van der Waals surface area contributed by atoms with E-state index in [0.29, 0.717) is 0 Å². The van der Waals surface area contributed by atoms with E-state index in [1.807, 2.05) is 0 Å². The molecule has 70 valence electrons. The van der Waals surface area contributed by atoms with Crippen molar-refractivity contribution in [1.29, 1.82) is 0 Å². The number of hydrogen-bond donors (Lipinski definition) is 0. The summed E-state index contributed by atoms with van der Waals surface area (Å²) in [4.78, 5) is 0. The van der Waals surface area contributed by atoms with E-state index in [2.05, 4.69) is 19.1 Å². The van der Waals surface area contributed by atoms with Gasteiger partial charge in [0.05, 0.1) is 0 Å². The van der Waals surface area contributed by atoms with Crippen molar-refractivity contribution in [2.24, 2.45) is 35.0 Å². The third kappa shape index (κ3) is 0.742. The molecule has 4 aliphatic rings. The molecule has 1 spiro atoms. The normalized spacial score (nSPS) is 66.4. The van der Waals surface area contributed by atoms with Crippen LogP contribution in [0.15, 0.2) is 12.2 Å². The molecular weight excluding hydrogens is 156 g/mol. The van der Waals surface area contributed by atoms with Gasteiger partial charge in [0.1, 0.15) is 0 Å². The first kappa shape index (κ1) is 7.09. The fourth-order valence-electron chi connectivity index (χ4n) is 4.69. The lowest BCUT2D eigenvalue weighted by Gasteiger charge is -2.24. The summed E-state index contributed by atoms with van der Waals surface area (Å²) in [6.07, 6.45) is 11.1. The number of hydrogen-bond acceptors (Lipinski definition) is 0. The molecule has 0 saturated heterocycles. The Balaban J connectivity index is 1.75. The molecule has 0 N–H and O–H groups in total. The van der Waals surface area contributed by atoms with Crippen molar-refractivity contribution in [3.63, 3.8) is 0 Å². The molecule has 0 aromatic rings. The van der Waals surface area contributed by atoms with Crippen molar-refractivity contribution in [3.8, 4) is 0 Å². The van der Waals surface area contributed by atoms with E-state index in [1.165, 1.54) is 12.8 Å². The van der Waals surface area contributed by atoms with Crippen LogP contribution in [-0.2, 0) is 0 Å². The molecule has 0 heterocycles. The van der Waals surface area contributed by atoms with Crippen LogP contribution in [0.25, 0.3) is 0 Å². The van der Waals surface area contributed by atoms with Gasteiger partial charge in [0.2, 0.25) is 0 Å². The highest BCUT2D eigenvalue weighted by Gasteiger charge is 2.68. The summed E-state index contributed by atoms with van der Waals surface area (Å²) >= 11 is 0. The summed E-state index contributed by atoms with van der Waals surface area (Å²) < 4.78 is 0. The van der Waals surface area contributed by atoms with E-state index in [0.717, 1.165) is 35.0 Å². The van der Waals surface area contributed by atoms with E-state index >= 15 is 0 Å². The molecule has 0 aromatic carbocycles. The fourth-order valence-corrected chi connectivity index (χ4v) is 4.69. The highest BCUT2D eigenvalue weighted by Crippen LogP contribution is 2.75. The van der Waals surface area contributed by atoms with Crippen LogP contribution in [0.4, 0.5) is 0 Å². The summed E-state index contributed by atoms with van der Waals surface area (Å²) in [5.74, 6) is 5.49. The van der Waals surface area contributed by atoms with Gasteiger partial charge in [-0.1, -0.05) is 19.1 Å². The monoisotopic (exact) mass is 174 g/mol. The van der Waals surface area contributed by atoms with Gasteiger partial charge in [-0.15, -0.1) is 0 Å². The second-order valence-corrected chi connectivity index (χ2v) is 6.11. The van der Waals surface area contributed by atoms with Gasteiger partial charge in [-0.25, -0.2) is 0 Å². The SMILES string of the molecule is C[C@H]1C2CC3C=CCC4(C3)CC4C21. The molecule has 4 rings (SSSR count). The molecule has 0 aliphatic heterocycles. The molecule has 3 saturated carbocycles. The van der Waals surface area contributed by atoms with Crippen LogP contribution in [0.3, 0.4) is 0 Å². The zero-order valence-electron chi connectivity index (χ0n) is 8.37. The molecule has 5 unspecified atom stereocenters. The van der Waals surface area contributed by atoms with Gasteiger partial charge in [-0.05, 0) is 60.7 Å². The quantitative estimate of drug-likeness (QED) is 0.494. The first-order valence-electron chi connectivity index (χ1n) is 5.97. The number of fused-ring (bicyclic) bond motifs is 3. The van der Waals surface area contributed by atoms with Crippen LogP contribution in [-0.4, -0.2) is 0 Å². The summed E-state index contributed by atoms with van der Waals surface area (Å²) in [6, 6.07) is 0. The minimum Gasteiger partial charge on any atom is -0.0877 e. The van der Waals surface area contributed by atoms with Gasteiger partial charge < -0.3 is 0 Å². The van der Waals surface area contributed by atoms with Crippen molar-refractivity contribution >= 4 is 0 Å². The largest absolute Gasteiger partial charge is 0.0877 e. The fraction of sp³-hybridized carbons (Fsp3) is 0.846. The van der Waals surface area contributed by atoms with E-state index in [-0.39, 0.29) is 0 Å².